The fourth-order valence-corrected chi connectivity index (χ4v) is 3.72. The minimum atomic E-state index is 0.204. The van der Waals surface area contributed by atoms with Gasteiger partial charge in [0.2, 0.25) is 0 Å². The summed E-state index contributed by atoms with van der Waals surface area (Å²) < 4.78 is 0. The lowest BCUT2D eigenvalue weighted by Gasteiger charge is -2.25. The Bertz CT molecular complexity index is 761. The van der Waals surface area contributed by atoms with Crippen molar-refractivity contribution in [2.24, 2.45) is 29.2 Å². The summed E-state index contributed by atoms with van der Waals surface area (Å²) in [5, 5.41) is 0. The van der Waals surface area contributed by atoms with Gasteiger partial charge in [-0.2, -0.15) is 0 Å². The van der Waals surface area contributed by atoms with Gasteiger partial charge in [-0.1, -0.05) is 58.1 Å². The van der Waals surface area contributed by atoms with Crippen LogP contribution in [0.1, 0.15) is 59.8 Å². The van der Waals surface area contributed by atoms with E-state index in [0.717, 1.165) is 60.2 Å². The first kappa shape index (κ1) is 22.0. The van der Waals surface area contributed by atoms with Gasteiger partial charge in [-0.05, 0) is 73.2 Å². The van der Waals surface area contributed by atoms with E-state index in [2.05, 4.69) is 45.1 Å². The fraction of sp³-hybridized carbons (Fsp3) is 0.480. The van der Waals surface area contributed by atoms with Crippen LogP contribution in [0.15, 0.2) is 70.6 Å². The summed E-state index contributed by atoms with van der Waals surface area (Å²) in [5.74, 6) is 1.36. The zero-order valence-corrected chi connectivity index (χ0v) is 17.9. The number of hydrogen-bond donors (Lipinski definition) is 2. The van der Waals surface area contributed by atoms with E-state index < -0.39 is 0 Å². The summed E-state index contributed by atoms with van der Waals surface area (Å²) in [6.07, 6.45) is 18.8. The molecule has 0 spiro atoms. The summed E-state index contributed by atoms with van der Waals surface area (Å²) in [6, 6.07) is 0. The van der Waals surface area contributed by atoms with Crippen molar-refractivity contribution in [3.63, 3.8) is 0 Å². The molecule has 2 rings (SSSR count). The number of ketones is 1. The molecule has 152 valence electrons. The molecule has 0 aromatic carbocycles. The predicted molar refractivity (Wildman–Crippen MR) is 119 cm³/mol. The van der Waals surface area contributed by atoms with Gasteiger partial charge in [-0.25, -0.2) is 0 Å². The Morgan fingerprint density at radius 3 is 2.54 bits per heavy atom. The van der Waals surface area contributed by atoms with E-state index >= 15 is 0 Å². The Hall–Kier alpha value is -2.29. The van der Waals surface area contributed by atoms with E-state index in [0.29, 0.717) is 11.8 Å². The smallest absolute Gasteiger partial charge is 0.184 e. The van der Waals surface area contributed by atoms with E-state index in [1.165, 1.54) is 0 Å². The largest absolute Gasteiger partial charge is 0.402 e. The standard InChI is InChI=1S/C25H36N2O/c1-5-19(8-11-23(26)6-2)15-21-13-17(3)14-22(25(21)28)16-20-9-12-24(27)10-7-18(20)4/h8-12,15-18,20H,5-7,13-14,26-27H2,1-4H3/b19-8+,21-15+,22-16+,23-11+/t17-,18?,20-/m1/s1. The Kier molecular flexibility index (Phi) is 8.10. The highest BCUT2D eigenvalue weighted by Crippen LogP contribution is 2.33. The van der Waals surface area contributed by atoms with Crippen LogP contribution in [0.3, 0.4) is 0 Å². The van der Waals surface area contributed by atoms with Gasteiger partial charge in [-0.3, -0.25) is 4.79 Å². The average molecular weight is 381 g/mol. The molecule has 0 amide bonds. The Morgan fingerprint density at radius 2 is 1.86 bits per heavy atom. The monoisotopic (exact) mass is 380 g/mol. The van der Waals surface area contributed by atoms with Crippen LogP contribution in [0, 0.1) is 17.8 Å². The maximum Gasteiger partial charge on any atom is 0.184 e. The number of hydrogen-bond acceptors (Lipinski definition) is 3. The van der Waals surface area contributed by atoms with E-state index in [4.69, 9.17) is 11.5 Å². The molecule has 3 nitrogen and oxygen atoms in total. The lowest BCUT2D eigenvalue weighted by Crippen LogP contribution is -2.20. The lowest BCUT2D eigenvalue weighted by atomic mass is 9.78. The van der Waals surface area contributed by atoms with Crippen molar-refractivity contribution < 1.29 is 4.79 Å². The number of carbonyl (C=O) groups excluding carboxylic acids is 1. The van der Waals surface area contributed by atoms with Crippen molar-refractivity contribution in [3.05, 3.63) is 70.6 Å². The first-order valence-electron chi connectivity index (χ1n) is 10.6. The van der Waals surface area contributed by atoms with E-state index in [1.54, 1.807) is 0 Å². The maximum atomic E-state index is 13.2. The van der Waals surface area contributed by atoms with Crippen molar-refractivity contribution in [1.82, 2.24) is 0 Å². The highest BCUT2D eigenvalue weighted by Gasteiger charge is 2.27. The van der Waals surface area contributed by atoms with Crippen LogP contribution in [0.4, 0.5) is 0 Å². The van der Waals surface area contributed by atoms with E-state index in [9.17, 15) is 4.79 Å². The third kappa shape index (κ3) is 6.12. The van der Waals surface area contributed by atoms with Crippen LogP contribution in [0.2, 0.25) is 0 Å². The second-order valence-electron chi connectivity index (χ2n) is 8.25. The Morgan fingerprint density at radius 1 is 1.14 bits per heavy atom. The van der Waals surface area contributed by atoms with Crippen molar-refractivity contribution >= 4 is 5.78 Å². The zero-order chi connectivity index (χ0) is 20.7. The topological polar surface area (TPSA) is 69.1 Å². The molecule has 3 heteroatoms. The number of nitrogens with two attached hydrogens (primary N) is 2. The van der Waals surface area contributed by atoms with Crippen LogP contribution in [0.5, 0.6) is 0 Å². The van der Waals surface area contributed by atoms with Crippen LogP contribution in [-0.2, 0) is 4.79 Å². The number of rotatable bonds is 5. The molecule has 1 fully saturated rings. The molecule has 28 heavy (non-hydrogen) atoms. The summed E-state index contributed by atoms with van der Waals surface area (Å²) in [7, 11) is 0. The van der Waals surface area contributed by atoms with Crippen molar-refractivity contribution in [2.45, 2.75) is 59.8 Å². The highest BCUT2D eigenvalue weighted by molar-refractivity contribution is 6.09. The molecule has 0 saturated heterocycles. The molecule has 3 atom stereocenters. The molecule has 4 N–H and O–H groups in total. The van der Waals surface area contributed by atoms with E-state index in [-0.39, 0.29) is 11.7 Å². The minimum absolute atomic E-state index is 0.204. The second kappa shape index (κ2) is 10.3. The van der Waals surface area contributed by atoms with Gasteiger partial charge >= 0.3 is 0 Å². The molecule has 0 heterocycles. The molecule has 0 aliphatic heterocycles. The predicted octanol–water partition coefficient (Wildman–Crippen LogP) is 5.48. The van der Waals surface area contributed by atoms with Crippen LogP contribution in [0.25, 0.3) is 0 Å². The van der Waals surface area contributed by atoms with E-state index in [1.807, 2.05) is 25.2 Å². The molecular formula is C25H36N2O. The molecular weight excluding hydrogens is 344 g/mol. The molecule has 1 saturated carbocycles. The number of Topliss-reactive ketones (excluding diaryl/α,β-unsaturated/α-hetero) is 1. The van der Waals surface area contributed by atoms with Gasteiger partial charge in [-0.15, -0.1) is 0 Å². The molecule has 0 radical (unpaired) electrons. The lowest BCUT2D eigenvalue weighted by molar-refractivity contribution is -0.113. The maximum absolute atomic E-state index is 13.2. The van der Waals surface area contributed by atoms with Crippen LogP contribution >= 0.6 is 0 Å². The summed E-state index contributed by atoms with van der Waals surface area (Å²) in [6.45, 7) is 8.60. The normalized spacial score (nSPS) is 29.9. The molecule has 0 aromatic heterocycles. The summed E-state index contributed by atoms with van der Waals surface area (Å²) >= 11 is 0. The second-order valence-corrected chi connectivity index (χ2v) is 8.25. The average Bonchev–Trinajstić information content (AvgIpc) is 2.83. The SMILES string of the molecule is CC\C(N)=C/C=C(/C=C1\C[C@@H](C)C/C(=C\[C@H]2C=CC(N)=CCC2C)C1=O)CC. The summed E-state index contributed by atoms with van der Waals surface area (Å²) in [5.41, 5.74) is 16.6. The third-order valence-electron chi connectivity index (χ3n) is 5.69. The number of allylic oxidation sites excluding steroid dienone is 11. The molecule has 0 aromatic rings. The molecule has 0 bridgehead atoms. The van der Waals surface area contributed by atoms with Gasteiger partial charge in [0.05, 0.1) is 0 Å². The molecule has 1 unspecified atom stereocenters. The highest BCUT2D eigenvalue weighted by atomic mass is 16.1. The van der Waals surface area contributed by atoms with Crippen LogP contribution in [-0.4, -0.2) is 5.78 Å². The van der Waals surface area contributed by atoms with Crippen LogP contribution < -0.4 is 11.5 Å². The van der Waals surface area contributed by atoms with Crippen molar-refractivity contribution in [1.29, 1.82) is 0 Å². The quantitative estimate of drug-likeness (QED) is 0.490. The molecule has 2 aliphatic carbocycles. The Balaban J connectivity index is 2.29. The fourth-order valence-electron chi connectivity index (χ4n) is 3.72. The third-order valence-corrected chi connectivity index (χ3v) is 5.69. The Labute approximate surface area is 170 Å². The first-order valence-corrected chi connectivity index (χ1v) is 10.6. The minimum Gasteiger partial charge on any atom is -0.402 e. The van der Waals surface area contributed by atoms with Gasteiger partial charge in [0.15, 0.2) is 5.78 Å². The zero-order valence-electron chi connectivity index (χ0n) is 17.9. The number of carbonyl (C=O) groups is 1. The van der Waals surface area contributed by atoms with Gasteiger partial charge in [0.1, 0.15) is 0 Å². The van der Waals surface area contributed by atoms with Crippen molar-refractivity contribution in [2.75, 3.05) is 0 Å². The van der Waals surface area contributed by atoms with Gasteiger partial charge in [0.25, 0.3) is 0 Å². The first-order chi connectivity index (χ1) is 13.3. The molecule has 2 aliphatic rings. The van der Waals surface area contributed by atoms with Gasteiger partial charge in [0, 0.05) is 17.0 Å². The summed E-state index contributed by atoms with van der Waals surface area (Å²) in [4.78, 5) is 13.2. The van der Waals surface area contributed by atoms with Gasteiger partial charge < -0.3 is 11.5 Å². The van der Waals surface area contributed by atoms with Crippen molar-refractivity contribution in [3.8, 4) is 0 Å².